The van der Waals surface area contributed by atoms with E-state index in [9.17, 15) is 0 Å². The Morgan fingerprint density at radius 2 is 0.600 bits per heavy atom. The SMILES string of the molecule is [CH3-].[CH3-].[W+2].[W].[W]. The first-order valence-electron chi connectivity index (χ1n) is 0. The molecule has 0 bridgehead atoms. The summed E-state index contributed by atoms with van der Waals surface area (Å²) in [7, 11) is 0. The van der Waals surface area contributed by atoms with Gasteiger partial charge in [0.1, 0.15) is 0 Å². The summed E-state index contributed by atoms with van der Waals surface area (Å²) >= 11 is 0. The van der Waals surface area contributed by atoms with Crippen LogP contribution in [0.4, 0.5) is 0 Å². The third-order valence-corrected chi connectivity index (χ3v) is 0. The molecule has 0 aromatic heterocycles. The van der Waals surface area contributed by atoms with Crippen molar-refractivity contribution in [3.05, 3.63) is 14.9 Å². The molecule has 0 N–H and O–H groups in total. The first-order valence-corrected chi connectivity index (χ1v) is 0. The van der Waals surface area contributed by atoms with Crippen LogP contribution < -0.4 is 0 Å². The molecule has 0 aromatic rings. The Bertz CT molecular complexity index is 4.85. The summed E-state index contributed by atoms with van der Waals surface area (Å²) in [6.07, 6.45) is 0. The van der Waals surface area contributed by atoms with E-state index >= 15 is 0 Å². The zero-order valence-electron chi connectivity index (χ0n) is 3.22. The number of rotatable bonds is 0. The molecule has 0 fully saturated rings. The average molecular weight is 582 g/mol. The minimum atomic E-state index is 0. The molecular weight excluding hydrogens is 576 g/mol. The Balaban J connectivity index is 0. The Morgan fingerprint density at radius 1 is 0.600 bits per heavy atom. The molecule has 0 unspecified atom stereocenters. The standard InChI is InChI=1S/2CH3.3W/h2*1H3;;;/q2*-1;;;+2. The van der Waals surface area contributed by atoms with Gasteiger partial charge in [0.25, 0.3) is 0 Å². The molecule has 0 amide bonds. The van der Waals surface area contributed by atoms with Gasteiger partial charge in [0, 0.05) is 42.1 Å². The average Bonchev–Trinajstić information content (AvgIpc) is 0. The first-order chi connectivity index (χ1) is 0. The van der Waals surface area contributed by atoms with Gasteiger partial charge in [0.15, 0.2) is 0 Å². The van der Waals surface area contributed by atoms with E-state index < -0.39 is 0 Å². The van der Waals surface area contributed by atoms with Crippen molar-refractivity contribution in [2.45, 2.75) is 0 Å². The summed E-state index contributed by atoms with van der Waals surface area (Å²) < 4.78 is 0. The van der Waals surface area contributed by atoms with Crippen molar-refractivity contribution in [1.82, 2.24) is 0 Å². The van der Waals surface area contributed by atoms with Crippen LogP contribution in [-0.4, -0.2) is 0 Å². The second kappa shape index (κ2) is 36.5. The van der Waals surface area contributed by atoms with Gasteiger partial charge in [-0.15, -0.1) is 0 Å². The van der Waals surface area contributed by atoms with Gasteiger partial charge in [-0.05, 0) is 0 Å². The molecule has 5 heavy (non-hydrogen) atoms. The third-order valence-electron chi connectivity index (χ3n) is 0. The Hall–Kier alpha value is 2.06. The van der Waals surface area contributed by atoms with Crippen molar-refractivity contribution in [3.8, 4) is 0 Å². The molecule has 0 rings (SSSR count). The second-order valence-electron chi connectivity index (χ2n) is 0. The minimum Gasteiger partial charge on any atom is -0.358 e. The minimum absolute atomic E-state index is 0. The van der Waals surface area contributed by atoms with E-state index in [1.165, 1.54) is 0 Å². The molecule has 0 saturated carbocycles. The van der Waals surface area contributed by atoms with Gasteiger partial charge in [-0.25, -0.2) is 0 Å². The summed E-state index contributed by atoms with van der Waals surface area (Å²) in [4.78, 5) is 0. The van der Waals surface area contributed by atoms with Gasteiger partial charge in [-0.2, -0.15) is 0 Å². The number of hydrogen-bond acceptors (Lipinski definition) is 0. The van der Waals surface area contributed by atoms with E-state index in [2.05, 4.69) is 0 Å². The molecule has 0 radical (unpaired) electrons. The fraction of sp³-hybridized carbons (Fsp3) is 0. The van der Waals surface area contributed by atoms with Crippen molar-refractivity contribution >= 4 is 0 Å². The molecule has 0 aliphatic heterocycles. The Morgan fingerprint density at radius 3 is 0.600 bits per heavy atom. The predicted octanol–water partition coefficient (Wildman–Crippen LogP) is 0.893. The van der Waals surface area contributed by atoms with Crippen LogP contribution in [0.1, 0.15) is 0 Å². The summed E-state index contributed by atoms with van der Waals surface area (Å²) in [5.41, 5.74) is 0. The van der Waals surface area contributed by atoms with E-state index in [1.54, 1.807) is 0 Å². The van der Waals surface area contributed by atoms with E-state index in [-0.39, 0.29) is 78.0 Å². The molecule has 0 aromatic carbocycles. The third kappa shape index (κ3) is 23.5. The van der Waals surface area contributed by atoms with Gasteiger partial charge < -0.3 is 14.9 Å². The molecule has 0 atom stereocenters. The van der Waals surface area contributed by atoms with Crippen molar-refractivity contribution < 1.29 is 63.2 Å². The van der Waals surface area contributed by atoms with Crippen LogP contribution in [0.25, 0.3) is 0 Å². The summed E-state index contributed by atoms with van der Waals surface area (Å²) in [6.45, 7) is 0. The van der Waals surface area contributed by atoms with Crippen LogP contribution in [0.2, 0.25) is 0 Å². The van der Waals surface area contributed by atoms with Gasteiger partial charge >= 0.3 is 21.1 Å². The second-order valence-corrected chi connectivity index (χ2v) is 0. The first kappa shape index (κ1) is 60.9. The van der Waals surface area contributed by atoms with Crippen molar-refractivity contribution in [2.24, 2.45) is 0 Å². The Labute approximate surface area is 77.3 Å². The molecule has 0 spiro atoms. The van der Waals surface area contributed by atoms with Crippen LogP contribution in [-0.2, 0) is 63.2 Å². The molecule has 0 nitrogen and oxygen atoms in total. The molecule has 0 heterocycles. The Kier molecular flexibility index (Phi) is 445. The normalized spacial score (nSPS) is 0. The molecule has 3 heteroatoms. The molecule has 32 valence electrons. The predicted molar refractivity (Wildman–Crippen MR) is 12.8 cm³/mol. The van der Waals surface area contributed by atoms with Crippen molar-refractivity contribution in [3.63, 3.8) is 0 Å². The molecule has 0 saturated heterocycles. The van der Waals surface area contributed by atoms with Crippen molar-refractivity contribution in [2.75, 3.05) is 0 Å². The van der Waals surface area contributed by atoms with Crippen LogP contribution in [0.5, 0.6) is 0 Å². The molecule has 0 aliphatic rings. The van der Waals surface area contributed by atoms with E-state index in [4.69, 9.17) is 0 Å². The zero-order chi connectivity index (χ0) is 0. The van der Waals surface area contributed by atoms with E-state index in [0.29, 0.717) is 0 Å². The fourth-order valence-electron chi connectivity index (χ4n) is 0. The van der Waals surface area contributed by atoms with E-state index in [1.807, 2.05) is 0 Å². The maximum Gasteiger partial charge on any atom is 2.00 e. The fourth-order valence-corrected chi connectivity index (χ4v) is 0. The smallest absolute Gasteiger partial charge is 0.358 e. The molecular formula is C2H6W3. The maximum absolute atomic E-state index is 0. The quantitative estimate of drug-likeness (QED) is 0.373. The molecule has 0 aliphatic carbocycles. The van der Waals surface area contributed by atoms with Crippen LogP contribution >= 0.6 is 0 Å². The van der Waals surface area contributed by atoms with Gasteiger partial charge in [-0.1, -0.05) is 0 Å². The van der Waals surface area contributed by atoms with Crippen LogP contribution in [0.15, 0.2) is 0 Å². The summed E-state index contributed by atoms with van der Waals surface area (Å²) in [5, 5.41) is 0. The van der Waals surface area contributed by atoms with Gasteiger partial charge in [0.05, 0.1) is 0 Å². The van der Waals surface area contributed by atoms with Crippen LogP contribution in [0, 0.1) is 14.9 Å². The van der Waals surface area contributed by atoms with Gasteiger partial charge in [0.2, 0.25) is 0 Å². The monoisotopic (exact) mass is 582 g/mol. The van der Waals surface area contributed by atoms with Crippen LogP contribution in [0.3, 0.4) is 0 Å². The summed E-state index contributed by atoms with van der Waals surface area (Å²) in [5.74, 6) is 0. The zero-order valence-corrected chi connectivity index (χ0v) is 12.0. The van der Waals surface area contributed by atoms with Gasteiger partial charge in [-0.3, -0.25) is 0 Å². The topological polar surface area (TPSA) is 0 Å². The largest absolute Gasteiger partial charge is 2.00 e. The van der Waals surface area contributed by atoms with E-state index in [0.717, 1.165) is 0 Å². The maximum atomic E-state index is 0. The number of hydrogen-bond donors (Lipinski definition) is 0. The summed E-state index contributed by atoms with van der Waals surface area (Å²) in [6, 6.07) is 0. The van der Waals surface area contributed by atoms with Crippen molar-refractivity contribution in [1.29, 1.82) is 0 Å².